The number of alkyl halides is 1. The van der Waals surface area contributed by atoms with Crippen molar-refractivity contribution in [3.63, 3.8) is 0 Å². The zero-order chi connectivity index (χ0) is 30.7. The van der Waals surface area contributed by atoms with Crippen molar-refractivity contribution >= 4 is 45.2 Å². The van der Waals surface area contributed by atoms with Crippen LogP contribution in [0.2, 0.25) is 0 Å². The highest BCUT2D eigenvalue weighted by atomic mass is 79.9. The highest BCUT2D eigenvalue weighted by molar-refractivity contribution is 9.08. The van der Waals surface area contributed by atoms with Gasteiger partial charge in [0.1, 0.15) is 0 Å². The first kappa shape index (κ1) is 34.5. The van der Waals surface area contributed by atoms with Gasteiger partial charge in [-0.25, -0.2) is 9.59 Å². The van der Waals surface area contributed by atoms with Crippen LogP contribution in [0.15, 0.2) is 84.9 Å². The minimum atomic E-state index is -0.889. The standard InChI is InChI=1S/C18H26N2O3.C14H13NO2.CH3Br/c1-3-14-9-11-20(12-10-14)13-17(21)15-5-7-16(8-6-15)19-18(22)23-4-2;16-14(17)13(11-7-3-1-4-8-11)15-12-9-5-2-6-10-12;1-2/h5-8,14H,3-4,9-13H2,1-2H3,(H,19,22);1-10,13,15H,(H,16,17);1H3/t;13-;/m.1./s1. The van der Waals surface area contributed by atoms with Gasteiger partial charge in [-0.1, -0.05) is 77.8 Å². The van der Waals surface area contributed by atoms with E-state index in [1.807, 2.05) is 54.4 Å². The normalized spacial score (nSPS) is 13.7. The molecule has 42 heavy (non-hydrogen) atoms. The molecule has 3 aromatic carbocycles. The molecule has 226 valence electrons. The molecule has 3 aromatic rings. The first-order chi connectivity index (χ1) is 20.4. The van der Waals surface area contributed by atoms with Crippen molar-refractivity contribution in [3.05, 3.63) is 96.1 Å². The second-order valence-electron chi connectivity index (χ2n) is 9.67. The lowest BCUT2D eigenvalue weighted by Gasteiger charge is -2.30. The van der Waals surface area contributed by atoms with Gasteiger partial charge in [-0.2, -0.15) is 0 Å². The number of nitrogens with one attached hydrogen (secondary N) is 2. The number of rotatable bonds is 10. The smallest absolute Gasteiger partial charge is 0.411 e. The molecule has 0 spiro atoms. The molecule has 0 radical (unpaired) electrons. The van der Waals surface area contributed by atoms with Crippen molar-refractivity contribution < 1.29 is 24.2 Å². The molecule has 0 bridgehead atoms. The van der Waals surface area contributed by atoms with Crippen LogP contribution < -0.4 is 10.6 Å². The lowest BCUT2D eigenvalue weighted by Crippen LogP contribution is -2.37. The summed E-state index contributed by atoms with van der Waals surface area (Å²) in [5.41, 5.74) is 2.84. The highest BCUT2D eigenvalue weighted by Gasteiger charge is 2.20. The van der Waals surface area contributed by atoms with E-state index in [1.54, 1.807) is 43.3 Å². The minimum Gasteiger partial charge on any atom is -0.479 e. The second kappa shape index (κ2) is 19.4. The molecular formula is C33H42BrN3O5. The zero-order valence-corrected chi connectivity index (χ0v) is 26.2. The number of nitrogens with zero attached hydrogens (tertiary/aromatic N) is 1. The fraction of sp³-hybridized carbons (Fsp3) is 0.364. The molecule has 0 aromatic heterocycles. The molecule has 0 saturated carbocycles. The molecule has 1 aliphatic heterocycles. The van der Waals surface area contributed by atoms with Gasteiger partial charge in [0.05, 0.1) is 13.2 Å². The Morgan fingerprint density at radius 1 is 0.881 bits per heavy atom. The molecule has 1 heterocycles. The van der Waals surface area contributed by atoms with Gasteiger partial charge in [-0.05, 0) is 86.6 Å². The van der Waals surface area contributed by atoms with Crippen molar-refractivity contribution in [2.75, 3.05) is 42.7 Å². The quantitative estimate of drug-likeness (QED) is 0.156. The van der Waals surface area contributed by atoms with E-state index in [4.69, 9.17) is 4.74 Å². The van der Waals surface area contributed by atoms with E-state index in [0.717, 1.165) is 30.3 Å². The van der Waals surface area contributed by atoms with E-state index in [0.29, 0.717) is 24.4 Å². The zero-order valence-electron chi connectivity index (χ0n) is 24.6. The van der Waals surface area contributed by atoms with Crippen LogP contribution >= 0.6 is 15.9 Å². The SMILES string of the molecule is CBr.CCOC(=O)Nc1ccc(C(=O)CN2CCC(CC)CC2)cc1.O=C(O)[C@H](Nc1ccccc1)c1ccccc1. The Bertz CT molecular complexity index is 1200. The fourth-order valence-corrected chi connectivity index (χ4v) is 4.51. The van der Waals surface area contributed by atoms with Crippen LogP contribution in [0, 0.1) is 5.92 Å². The van der Waals surface area contributed by atoms with Crippen molar-refractivity contribution in [2.24, 2.45) is 5.92 Å². The number of hydrogen-bond acceptors (Lipinski definition) is 6. The summed E-state index contributed by atoms with van der Waals surface area (Å²) in [6, 6.07) is 24.7. The monoisotopic (exact) mass is 639 g/mol. The third kappa shape index (κ3) is 12.0. The van der Waals surface area contributed by atoms with Gasteiger partial charge in [0.15, 0.2) is 11.8 Å². The van der Waals surface area contributed by atoms with Gasteiger partial charge < -0.3 is 15.2 Å². The lowest BCUT2D eigenvalue weighted by atomic mass is 9.94. The van der Waals surface area contributed by atoms with Crippen LogP contribution in [-0.2, 0) is 9.53 Å². The van der Waals surface area contributed by atoms with E-state index >= 15 is 0 Å². The lowest BCUT2D eigenvalue weighted by molar-refractivity contribution is -0.138. The van der Waals surface area contributed by atoms with Gasteiger partial charge in [0.25, 0.3) is 0 Å². The van der Waals surface area contributed by atoms with E-state index < -0.39 is 18.1 Å². The number of para-hydroxylation sites is 1. The molecule has 1 fully saturated rings. The Hall–Kier alpha value is -3.69. The number of carbonyl (C=O) groups excluding carboxylic acids is 2. The van der Waals surface area contributed by atoms with Crippen LogP contribution in [0.25, 0.3) is 0 Å². The number of amides is 1. The number of Topliss-reactive ketones (excluding diaryl/α,β-unsaturated/α-hetero) is 1. The number of likely N-dealkylation sites (tertiary alicyclic amines) is 1. The Labute approximate surface area is 257 Å². The highest BCUT2D eigenvalue weighted by Crippen LogP contribution is 2.21. The van der Waals surface area contributed by atoms with Crippen molar-refractivity contribution in [1.29, 1.82) is 0 Å². The van der Waals surface area contributed by atoms with Crippen LogP contribution in [0.5, 0.6) is 0 Å². The number of hydrogen-bond donors (Lipinski definition) is 3. The van der Waals surface area contributed by atoms with Crippen molar-refractivity contribution in [2.45, 2.75) is 39.2 Å². The van der Waals surface area contributed by atoms with Crippen LogP contribution in [0.3, 0.4) is 0 Å². The number of carboxylic acid groups (broad SMARTS) is 1. The predicted molar refractivity (Wildman–Crippen MR) is 173 cm³/mol. The third-order valence-corrected chi connectivity index (χ3v) is 6.85. The number of ketones is 1. The minimum absolute atomic E-state index is 0.127. The van der Waals surface area contributed by atoms with E-state index in [2.05, 4.69) is 38.4 Å². The summed E-state index contributed by atoms with van der Waals surface area (Å²) in [7, 11) is 0. The van der Waals surface area contributed by atoms with E-state index in [9.17, 15) is 19.5 Å². The van der Waals surface area contributed by atoms with Crippen LogP contribution in [-0.4, -0.2) is 59.9 Å². The summed E-state index contributed by atoms with van der Waals surface area (Å²) in [5.74, 6) is 1.87. The predicted octanol–water partition coefficient (Wildman–Crippen LogP) is 7.50. The maximum Gasteiger partial charge on any atom is 0.411 e. The summed E-state index contributed by atoms with van der Waals surface area (Å²) >= 11 is 2.94. The van der Waals surface area contributed by atoms with Crippen LogP contribution in [0.1, 0.15) is 55.1 Å². The number of benzene rings is 3. The first-order valence-electron chi connectivity index (χ1n) is 14.2. The van der Waals surface area contributed by atoms with E-state index in [-0.39, 0.29) is 5.78 Å². The third-order valence-electron chi connectivity index (χ3n) is 6.85. The molecule has 1 atom stereocenters. The Kier molecular flexibility index (Phi) is 16.0. The summed E-state index contributed by atoms with van der Waals surface area (Å²) in [6.07, 6.45) is 3.13. The van der Waals surface area contributed by atoms with Gasteiger partial charge in [0, 0.05) is 16.9 Å². The summed E-state index contributed by atoms with van der Waals surface area (Å²) in [6.45, 7) is 6.81. The molecule has 0 unspecified atom stereocenters. The number of aliphatic carboxylic acids is 1. The molecule has 8 nitrogen and oxygen atoms in total. The number of carboxylic acids is 1. The van der Waals surface area contributed by atoms with Crippen molar-refractivity contribution in [1.82, 2.24) is 4.90 Å². The van der Waals surface area contributed by atoms with Gasteiger partial charge in [-0.15, -0.1) is 0 Å². The molecule has 1 saturated heterocycles. The fourth-order valence-electron chi connectivity index (χ4n) is 4.51. The Balaban J connectivity index is 0.000000288. The molecule has 4 rings (SSSR count). The molecule has 1 aliphatic rings. The van der Waals surface area contributed by atoms with Gasteiger partial charge in [-0.3, -0.25) is 15.0 Å². The van der Waals surface area contributed by atoms with Crippen LogP contribution in [0.4, 0.5) is 16.2 Å². The molecular weight excluding hydrogens is 598 g/mol. The number of piperidine rings is 1. The number of halogens is 1. The number of carbonyl (C=O) groups is 3. The molecule has 3 N–H and O–H groups in total. The molecule has 9 heteroatoms. The number of ether oxygens (including phenoxy) is 1. The largest absolute Gasteiger partial charge is 0.479 e. The summed E-state index contributed by atoms with van der Waals surface area (Å²) < 4.78 is 4.82. The first-order valence-corrected chi connectivity index (χ1v) is 15.7. The molecule has 1 amide bonds. The Morgan fingerprint density at radius 3 is 1.98 bits per heavy atom. The average Bonchev–Trinajstić information content (AvgIpc) is 3.03. The van der Waals surface area contributed by atoms with Crippen molar-refractivity contribution in [3.8, 4) is 0 Å². The van der Waals surface area contributed by atoms with E-state index in [1.165, 1.54) is 19.3 Å². The second-order valence-corrected chi connectivity index (χ2v) is 9.67. The topological polar surface area (TPSA) is 108 Å². The average molecular weight is 641 g/mol. The van der Waals surface area contributed by atoms with Gasteiger partial charge in [0.2, 0.25) is 0 Å². The molecule has 0 aliphatic carbocycles. The Morgan fingerprint density at radius 2 is 1.45 bits per heavy atom. The number of anilines is 2. The summed E-state index contributed by atoms with van der Waals surface area (Å²) in [4.78, 5) is 37.2. The maximum absolute atomic E-state index is 12.3. The van der Waals surface area contributed by atoms with Gasteiger partial charge >= 0.3 is 12.1 Å². The summed E-state index contributed by atoms with van der Waals surface area (Å²) in [5, 5.41) is 14.8. The maximum atomic E-state index is 12.3.